The summed E-state index contributed by atoms with van der Waals surface area (Å²) in [6.45, 7) is 4.27. The van der Waals surface area contributed by atoms with Gasteiger partial charge in [0.2, 0.25) is 0 Å². The highest BCUT2D eigenvalue weighted by Crippen LogP contribution is 1.90. The number of nitrogens with two attached hydrogens (primary N) is 1. The van der Waals surface area contributed by atoms with Gasteiger partial charge in [-0.25, -0.2) is 9.78 Å². The molecule has 1 aromatic heterocycles. The molecule has 1 aromatic rings. The average molecular weight is 167 g/mol. The first-order chi connectivity index (χ1) is 5.59. The van der Waals surface area contributed by atoms with Crippen molar-refractivity contribution in [2.75, 3.05) is 0 Å². The van der Waals surface area contributed by atoms with Crippen LogP contribution in [0.2, 0.25) is 0 Å². The molecule has 0 amide bonds. The Kier molecular flexibility index (Phi) is 2.60. The Balaban J connectivity index is 2.98. The van der Waals surface area contributed by atoms with Gasteiger partial charge in [-0.05, 0) is 19.4 Å². The molecule has 0 aliphatic heterocycles. The minimum absolute atomic E-state index is 0.0219. The molecule has 0 bridgehead atoms. The van der Waals surface area contributed by atoms with Gasteiger partial charge in [0.1, 0.15) is 0 Å². The molecule has 0 radical (unpaired) electrons. The lowest BCUT2D eigenvalue weighted by Crippen LogP contribution is -2.30. The van der Waals surface area contributed by atoms with E-state index < -0.39 is 0 Å². The van der Waals surface area contributed by atoms with Crippen LogP contribution in [0.15, 0.2) is 17.2 Å². The molecule has 0 fully saturated rings. The Bertz CT molecular complexity index is 316. The Labute approximate surface area is 71.0 Å². The van der Waals surface area contributed by atoms with E-state index in [1.807, 2.05) is 13.8 Å². The van der Waals surface area contributed by atoms with Crippen LogP contribution < -0.4 is 11.4 Å². The van der Waals surface area contributed by atoms with Gasteiger partial charge in [-0.1, -0.05) is 0 Å². The second-order valence-electron chi connectivity index (χ2n) is 3.04. The highest BCUT2D eigenvalue weighted by Gasteiger charge is 1.99. The number of aryl methyl sites for hydroxylation is 1. The Morgan fingerprint density at radius 3 is 3.00 bits per heavy atom. The zero-order chi connectivity index (χ0) is 9.14. The maximum Gasteiger partial charge on any atom is 0.347 e. The normalized spacial score (nSPS) is 12.9. The molecule has 4 heteroatoms. The number of aromatic nitrogens is 2. The van der Waals surface area contributed by atoms with E-state index in [9.17, 15) is 4.79 Å². The lowest BCUT2D eigenvalue weighted by Gasteiger charge is -2.07. The second-order valence-corrected chi connectivity index (χ2v) is 3.04. The van der Waals surface area contributed by atoms with Gasteiger partial charge in [0, 0.05) is 25.0 Å². The fourth-order valence-electron chi connectivity index (χ4n) is 1.01. The van der Waals surface area contributed by atoms with Crippen LogP contribution in [0.5, 0.6) is 0 Å². The average Bonchev–Trinajstić information content (AvgIpc) is 1.96. The molecular formula is C8H13N3O. The molecule has 12 heavy (non-hydrogen) atoms. The summed E-state index contributed by atoms with van der Waals surface area (Å²) in [7, 11) is 0. The molecule has 0 saturated carbocycles. The minimum atomic E-state index is -0.238. The van der Waals surface area contributed by atoms with Crippen molar-refractivity contribution in [1.29, 1.82) is 0 Å². The highest BCUT2D eigenvalue weighted by molar-refractivity contribution is 4.99. The van der Waals surface area contributed by atoms with Crippen molar-refractivity contribution in [2.24, 2.45) is 5.73 Å². The monoisotopic (exact) mass is 167 g/mol. The van der Waals surface area contributed by atoms with Crippen LogP contribution in [0.3, 0.4) is 0 Å². The summed E-state index contributed by atoms with van der Waals surface area (Å²) in [5.41, 5.74) is 6.29. The molecule has 2 N–H and O–H groups in total. The maximum atomic E-state index is 11.1. The SMILES string of the molecule is Cc1cnc(=O)n(C[C@H](C)N)c1. The summed E-state index contributed by atoms with van der Waals surface area (Å²) in [5, 5.41) is 0. The quantitative estimate of drug-likeness (QED) is 0.669. The molecule has 0 aromatic carbocycles. The lowest BCUT2D eigenvalue weighted by molar-refractivity contribution is 0.561. The smallest absolute Gasteiger partial charge is 0.326 e. The van der Waals surface area contributed by atoms with Crippen molar-refractivity contribution in [3.05, 3.63) is 28.4 Å². The van der Waals surface area contributed by atoms with Crippen molar-refractivity contribution >= 4 is 0 Å². The van der Waals surface area contributed by atoms with Gasteiger partial charge in [0.15, 0.2) is 0 Å². The van der Waals surface area contributed by atoms with Gasteiger partial charge in [0.05, 0.1) is 0 Å². The summed E-state index contributed by atoms with van der Waals surface area (Å²) in [6, 6.07) is -0.0219. The van der Waals surface area contributed by atoms with Gasteiger partial charge in [-0.3, -0.25) is 4.57 Å². The first-order valence-electron chi connectivity index (χ1n) is 3.88. The van der Waals surface area contributed by atoms with E-state index in [4.69, 9.17) is 5.73 Å². The zero-order valence-electron chi connectivity index (χ0n) is 7.32. The van der Waals surface area contributed by atoms with E-state index in [0.29, 0.717) is 6.54 Å². The zero-order valence-corrected chi connectivity index (χ0v) is 7.32. The van der Waals surface area contributed by atoms with E-state index in [1.165, 1.54) is 4.57 Å². The van der Waals surface area contributed by atoms with E-state index in [-0.39, 0.29) is 11.7 Å². The first kappa shape index (κ1) is 8.93. The van der Waals surface area contributed by atoms with Crippen LogP contribution in [0.1, 0.15) is 12.5 Å². The van der Waals surface area contributed by atoms with E-state index in [1.54, 1.807) is 12.4 Å². The van der Waals surface area contributed by atoms with E-state index >= 15 is 0 Å². The fourth-order valence-corrected chi connectivity index (χ4v) is 1.01. The maximum absolute atomic E-state index is 11.1. The summed E-state index contributed by atoms with van der Waals surface area (Å²) < 4.78 is 1.53. The van der Waals surface area contributed by atoms with Gasteiger partial charge in [0.25, 0.3) is 0 Å². The number of rotatable bonds is 2. The molecule has 0 spiro atoms. The van der Waals surface area contributed by atoms with Crippen molar-refractivity contribution in [1.82, 2.24) is 9.55 Å². The molecular weight excluding hydrogens is 154 g/mol. The molecule has 0 saturated heterocycles. The molecule has 0 aliphatic rings. The number of hydrogen-bond acceptors (Lipinski definition) is 3. The highest BCUT2D eigenvalue weighted by atomic mass is 16.1. The standard InChI is InChI=1S/C8H13N3O/c1-6-3-10-8(12)11(4-6)5-7(2)9/h3-4,7H,5,9H2,1-2H3/t7-/m0/s1. The molecule has 0 aliphatic carbocycles. The van der Waals surface area contributed by atoms with Crippen LogP contribution >= 0.6 is 0 Å². The molecule has 0 unspecified atom stereocenters. The summed E-state index contributed by atoms with van der Waals surface area (Å²) in [4.78, 5) is 14.8. The van der Waals surface area contributed by atoms with Crippen molar-refractivity contribution < 1.29 is 0 Å². The molecule has 4 nitrogen and oxygen atoms in total. The summed E-state index contributed by atoms with van der Waals surface area (Å²) in [6.07, 6.45) is 3.32. The molecule has 1 heterocycles. The van der Waals surface area contributed by atoms with Crippen molar-refractivity contribution in [3.63, 3.8) is 0 Å². The minimum Gasteiger partial charge on any atom is -0.326 e. The Morgan fingerprint density at radius 2 is 2.42 bits per heavy atom. The fraction of sp³-hybridized carbons (Fsp3) is 0.500. The van der Waals surface area contributed by atoms with Crippen LogP contribution in [-0.4, -0.2) is 15.6 Å². The molecule has 1 atom stereocenters. The van der Waals surface area contributed by atoms with Crippen LogP contribution in [0, 0.1) is 6.92 Å². The largest absolute Gasteiger partial charge is 0.347 e. The number of hydrogen-bond donors (Lipinski definition) is 1. The third-order valence-corrected chi connectivity index (χ3v) is 1.47. The lowest BCUT2D eigenvalue weighted by atomic mass is 10.3. The second kappa shape index (κ2) is 3.49. The number of nitrogens with zero attached hydrogens (tertiary/aromatic N) is 2. The van der Waals surface area contributed by atoms with Crippen LogP contribution in [0.25, 0.3) is 0 Å². The van der Waals surface area contributed by atoms with Gasteiger partial charge >= 0.3 is 5.69 Å². The third kappa shape index (κ3) is 2.17. The summed E-state index contributed by atoms with van der Waals surface area (Å²) >= 11 is 0. The van der Waals surface area contributed by atoms with Gasteiger partial charge in [-0.2, -0.15) is 0 Å². The van der Waals surface area contributed by atoms with Gasteiger partial charge in [-0.15, -0.1) is 0 Å². The topological polar surface area (TPSA) is 60.9 Å². The van der Waals surface area contributed by atoms with Crippen molar-refractivity contribution in [2.45, 2.75) is 26.4 Å². The van der Waals surface area contributed by atoms with Crippen LogP contribution in [0.4, 0.5) is 0 Å². The third-order valence-electron chi connectivity index (χ3n) is 1.47. The predicted molar refractivity (Wildman–Crippen MR) is 46.9 cm³/mol. The predicted octanol–water partition coefficient (Wildman–Crippen LogP) is -0.101. The Hall–Kier alpha value is -1.16. The first-order valence-corrected chi connectivity index (χ1v) is 3.88. The Morgan fingerprint density at radius 1 is 1.75 bits per heavy atom. The molecule has 66 valence electrons. The van der Waals surface area contributed by atoms with E-state index in [0.717, 1.165) is 5.56 Å². The molecule has 1 rings (SSSR count). The van der Waals surface area contributed by atoms with Gasteiger partial charge < -0.3 is 5.73 Å². The van der Waals surface area contributed by atoms with E-state index in [2.05, 4.69) is 4.98 Å². The van der Waals surface area contributed by atoms with Crippen LogP contribution in [-0.2, 0) is 6.54 Å². The summed E-state index contributed by atoms with van der Waals surface area (Å²) in [5.74, 6) is 0. The van der Waals surface area contributed by atoms with Crippen molar-refractivity contribution in [3.8, 4) is 0 Å².